The summed E-state index contributed by atoms with van der Waals surface area (Å²) < 4.78 is 3.63. The zero-order chi connectivity index (χ0) is 13.1. The molecule has 102 valence electrons. The number of nitrogens with zero attached hydrogens (tertiary/aromatic N) is 1. The molecular formula is C16H27IN+. The van der Waals surface area contributed by atoms with Gasteiger partial charge in [-0.2, -0.15) is 0 Å². The van der Waals surface area contributed by atoms with Crippen molar-refractivity contribution >= 4 is 22.6 Å². The summed E-state index contributed by atoms with van der Waals surface area (Å²) >= 11 is 2.37. The summed E-state index contributed by atoms with van der Waals surface area (Å²) in [5, 5.41) is 0. The highest BCUT2D eigenvalue weighted by molar-refractivity contribution is 14.1. The molecule has 0 atom stereocenters. The molecule has 0 saturated carbocycles. The van der Waals surface area contributed by atoms with E-state index in [4.69, 9.17) is 0 Å². The van der Waals surface area contributed by atoms with Crippen molar-refractivity contribution in [3.8, 4) is 0 Å². The van der Waals surface area contributed by atoms with Crippen LogP contribution >= 0.6 is 22.6 Å². The van der Waals surface area contributed by atoms with E-state index >= 15 is 0 Å². The van der Waals surface area contributed by atoms with Crippen molar-refractivity contribution in [1.82, 2.24) is 0 Å². The molecule has 2 heteroatoms. The van der Waals surface area contributed by atoms with Crippen molar-refractivity contribution in [2.75, 3.05) is 0 Å². The molecule has 1 aromatic heterocycles. The van der Waals surface area contributed by atoms with Gasteiger partial charge in [-0.15, -0.1) is 0 Å². The number of halogens is 1. The molecule has 1 nitrogen and oxygen atoms in total. The van der Waals surface area contributed by atoms with Gasteiger partial charge in [0, 0.05) is 12.5 Å². The zero-order valence-electron chi connectivity index (χ0n) is 11.7. The van der Waals surface area contributed by atoms with E-state index in [1.54, 1.807) is 0 Å². The molecule has 0 fully saturated rings. The Kier molecular flexibility index (Phi) is 9.54. The number of hydrogen-bond acceptors (Lipinski definition) is 0. The Morgan fingerprint density at radius 1 is 0.944 bits per heavy atom. The number of hydrogen-bond donors (Lipinski definition) is 0. The highest BCUT2D eigenvalue weighted by Crippen LogP contribution is 2.09. The molecule has 0 aliphatic rings. The Hall–Kier alpha value is -0.120. The quantitative estimate of drug-likeness (QED) is 0.310. The van der Waals surface area contributed by atoms with Gasteiger partial charge in [-0.25, -0.2) is 4.57 Å². The SMILES string of the molecule is CCCCCCCCCCC[n+]1cccc(I)c1. The minimum absolute atomic E-state index is 1.17. The van der Waals surface area contributed by atoms with Crippen molar-refractivity contribution < 1.29 is 4.57 Å². The maximum atomic E-state index is 2.37. The fourth-order valence-corrected chi connectivity index (χ4v) is 2.80. The van der Waals surface area contributed by atoms with Crippen LogP contribution < -0.4 is 4.57 Å². The van der Waals surface area contributed by atoms with Crippen molar-refractivity contribution in [3.05, 3.63) is 28.1 Å². The molecule has 1 aromatic rings. The monoisotopic (exact) mass is 360 g/mol. The van der Waals surface area contributed by atoms with Gasteiger partial charge in [0.25, 0.3) is 0 Å². The lowest BCUT2D eigenvalue weighted by Crippen LogP contribution is -2.32. The maximum absolute atomic E-state index is 2.37. The number of rotatable bonds is 10. The van der Waals surface area contributed by atoms with Gasteiger partial charge in [0.1, 0.15) is 6.54 Å². The first-order valence-corrected chi connectivity index (χ1v) is 8.55. The lowest BCUT2D eigenvalue weighted by molar-refractivity contribution is -0.698. The third kappa shape index (κ3) is 8.06. The molecule has 1 heterocycles. The summed E-state index contributed by atoms with van der Waals surface area (Å²) in [6.07, 6.45) is 17.0. The molecule has 1 rings (SSSR count). The maximum Gasteiger partial charge on any atom is 0.182 e. The Bertz CT molecular complexity index is 312. The third-order valence-corrected chi connectivity index (χ3v) is 3.98. The number of pyridine rings is 1. The molecule has 0 N–H and O–H groups in total. The molecule has 0 bridgehead atoms. The molecule has 0 amide bonds. The molecule has 0 aliphatic carbocycles. The minimum atomic E-state index is 1.17. The first-order valence-electron chi connectivity index (χ1n) is 7.47. The average Bonchev–Trinajstić information content (AvgIpc) is 2.37. The first kappa shape index (κ1) is 15.9. The van der Waals surface area contributed by atoms with Gasteiger partial charge in [0.05, 0.1) is 3.57 Å². The summed E-state index contributed by atoms with van der Waals surface area (Å²) in [6, 6.07) is 4.28. The summed E-state index contributed by atoms with van der Waals surface area (Å²) in [5.41, 5.74) is 0. The molecule has 18 heavy (non-hydrogen) atoms. The van der Waals surface area contributed by atoms with Crippen molar-refractivity contribution in [2.24, 2.45) is 0 Å². The van der Waals surface area contributed by atoms with E-state index in [1.165, 1.54) is 67.9 Å². The summed E-state index contributed by atoms with van der Waals surface area (Å²) in [4.78, 5) is 0. The molecule has 0 aromatic carbocycles. The van der Waals surface area contributed by atoms with Crippen LogP contribution in [0.2, 0.25) is 0 Å². The fraction of sp³-hybridized carbons (Fsp3) is 0.688. The van der Waals surface area contributed by atoms with Crippen LogP contribution in [0.4, 0.5) is 0 Å². The predicted molar refractivity (Wildman–Crippen MR) is 86.6 cm³/mol. The Labute approximate surface area is 126 Å². The van der Waals surface area contributed by atoms with Gasteiger partial charge in [0.15, 0.2) is 12.4 Å². The van der Waals surface area contributed by atoms with E-state index in [2.05, 4.69) is 58.6 Å². The molecule has 0 unspecified atom stereocenters. The average molecular weight is 360 g/mol. The predicted octanol–water partition coefficient (Wildman–Crippen LogP) is 5.11. The van der Waals surface area contributed by atoms with Crippen LogP contribution in [0.25, 0.3) is 0 Å². The normalized spacial score (nSPS) is 10.8. The fourth-order valence-electron chi connectivity index (χ4n) is 2.23. The second-order valence-corrected chi connectivity index (χ2v) is 6.33. The van der Waals surface area contributed by atoms with Crippen LogP contribution in [0, 0.1) is 3.57 Å². The topological polar surface area (TPSA) is 3.88 Å². The second-order valence-electron chi connectivity index (χ2n) is 5.09. The lowest BCUT2D eigenvalue weighted by atomic mass is 10.1. The summed E-state index contributed by atoms with van der Waals surface area (Å²) in [6.45, 7) is 3.45. The largest absolute Gasteiger partial charge is 0.204 e. The van der Waals surface area contributed by atoms with E-state index in [0.717, 1.165) is 0 Å². The standard InChI is InChI=1S/C16H27IN/c1-2-3-4-5-6-7-8-9-10-13-18-14-11-12-16(17)15-18/h11-12,14-15H,2-10,13H2,1H3/q+1. The van der Waals surface area contributed by atoms with Crippen LogP contribution in [-0.2, 0) is 6.54 Å². The van der Waals surface area contributed by atoms with E-state index in [0.29, 0.717) is 0 Å². The zero-order valence-corrected chi connectivity index (χ0v) is 13.9. The number of unbranched alkanes of at least 4 members (excludes halogenated alkanes) is 8. The second kappa shape index (κ2) is 10.8. The van der Waals surface area contributed by atoms with Crippen LogP contribution in [0.15, 0.2) is 24.5 Å². The number of aromatic nitrogens is 1. The van der Waals surface area contributed by atoms with Crippen LogP contribution in [0.3, 0.4) is 0 Å². The minimum Gasteiger partial charge on any atom is -0.204 e. The van der Waals surface area contributed by atoms with E-state index in [-0.39, 0.29) is 0 Å². The van der Waals surface area contributed by atoms with Gasteiger partial charge in [-0.3, -0.25) is 0 Å². The van der Waals surface area contributed by atoms with E-state index < -0.39 is 0 Å². The highest BCUT2D eigenvalue weighted by atomic mass is 127. The van der Waals surface area contributed by atoms with Crippen LogP contribution in [0.1, 0.15) is 64.7 Å². The summed E-state index contributed by atoms with van der Waals surface area (Å²) in [5.74, 6) is 0. The van der Waals surface area contributed by atoms with E-state index in [1.807, 2.05) is 0 Å². The van der Waals surface area contributed by atoms with Crippen LogP contribution in [-0.4, -0.2) is 0 Å². The van der Waals surface area contributed by atoms with Gasteiger partial charge in [0.2, 0.25) is 0 Å². The lowest BCUT2D eigenvalue weighted by Gasteiger charge is -2.01. The van der Waals surface area contributed by atoms with Gasteiger partial charge >= 0.3 is 0 Å². The van der Waals surface area contributed by atoms with E-state index in [9.17, 15) is 0 Å². The van der Waals surface area contributed by atoms with Gasteiger partial charge in [-0.1, -0.05) is 51.9 Å². The van der Waals surface area contributed by atoms with Gasteiger partial charge < -0.3 is 0 Å². The molecular weight excluding hydrogens is 333 g/mol. The van der Waals surface area contributed by atoms with Crippen LogP contribution in [0.5, 0.6) is 0 Å². The smallest absolute Gasteiger partial charge is 0.182 e. The van der Waals surface area contributed by atoms with Crippen molar-refractivity contribution in [3.63, 3.8) is 0 Å². The van der Waals surface area contributed by atoms with Crippen molar-refractivity contribution in [1.29, 1.82) is 0 Å². The third-order valence-electron chi connectivity index (χ3n) is 3.34. The molecule has 0 spiro atoms. The van der Waals surface area contributed by atoms with Gasteiger partial charge in [-0.05, 0) is 35.1 Å². The Morgan fingerprint density at radius 3 is 2.17 bits per heavy atom. The van der Waals surface area contributed by atoms with Crippen molar-refractivity contribution in [2.45, 2.75) is 71.3 Å². The number of aryl methyl sites for hydroxylation is 1. The Morgan fingerprint density at radius 2 is 1.56 bits per heavy atom. The highest BCUT2D eigenvalue weighted by Gasteiger charge is 2.00. The molecule has 0 aliphatic heterocycles. The Balaban J connectivity index is 1.92. The summed E-state index contributed by atoms with van der Waals surface area (Å²) in [7, 11) is 0. The molecule has 0 saturated heterocycles. The first-order chi connectivity index (χ1) is 8.83. The molecule has 0 radical (unpaired) electrons.